The fraction of sp³-hybridized carbons (Fsp3) is 0.588. The highest BCUT2D eigenvalue weighted by molar-refractivity contribution is 9.10. The first kappa shape index (κ1) is 11.8. The van der Waals surface area contributed by atoms with Crippen LogP contribution in [0.4, 0.5) is 0 Å². The molecule has 4 aliphatic carbocycles. The minimum absolute atomic E-state index is 0.703. The van der Waals surface area contributed by atoms with Gasteiger partial charge < -0.3 is 4.98 Å². The maximum absolute atomic E-state index is 4.92. The Hall–Kier alpha value is -0.830. The zero-order valence-corrected chi connectivity index (χ0v) is 13.1. The molecule has 0 atom stereocenters. The van der Waals surface area contributed by atoms with Crippen molar-refractivity contribution in [3.8, 4) is 0 Å². The Morgan fingerprint density at radius 2 is 1.70 bits per heavy atom. The van der Waals surface area contributed by atoms with E-state index in [1.54, 1.807) is 0 Å². The highest BCUT2D eigenvalue weighted by Crippen LogP contribution is 2.59. The summed E-state index contributed by atoms with van der Waals surface area (Å²) in [6.45, 7) is 0. The van der Waals surface area contributed by atoms with Gasteiger partial charge in [-0.05, 0) is 74.0 Å². The van der Waals surface area contributed by atoms with E-state index in [2.05, 4.69) is 39.1 Å². The van der Waals surface area contributed by atoms with Crippen molar-refractivity contribution in [2.45, 2.75) is 38.0 Å². The fourth-order valence-electron chi connectivity index (χ4n) is 5.53. The lowest BCUT2D eigenvalue weighted by Crippen LogP contribution is -2.44. The number of nitrogens with one attached hydrogen (secondary N) is 1. The smallest absolute Gasteiger partial charge is 0.110 e. The molecule has 4 fully saturated rings. The summed E-state index contributed by atoms with van der Waals surface area (Å²) in [5, 5.41) is 0. The van der Waals surface area contributed by atoms with E-state index in [-0.39, 0.29) is 0 Å². The van der Waals surface area contributed by atoms with Crippen molar-refractivity contribution in [2.75, 3.05) is 0 Å². The van der Waals surface area contributed by atoms with Crippen molar-refractivity contribution >= 4 is 27.0 Å². The molecular weight excluding hydrogens is 312 g/mol. The lowest BCUT2D eigenvalue weighted by molar-refractivity contribution is -0.00528. The molecule has 1 N–H and O–H groups in total. The number of hydrogen-bond donors (Lipinski definition) is 1. The lowest BCUT2D eigenvalue weighted by atomic mass is 9.52. The van der Waals surface area contributed by atoms with E-state index in [9.17, 15) is 0 Å². The molecule has 1 heterocycles. The molecule has 0 amide bonds. The molecule has 2 nitrogen and oxygen atoms in total. The van der Waals surface area contributed by atoms with Crippen LogP contribution < -0.4 is 0 Å². The monoisotopic (exact) mass is 330 g/mol. The Morgan fingerprint density at radius 1 is 1.00 bits per heavy atom. The molecule has 104 valence electrons. The van der Waals surface area contributed by atoms with Gasteiger partial charge in [0.05, 0.1) is 11.0 Å². The van der Waals surface area contributed by atoms with Crippen molar-refractivity contribution < 1.29 is 0 Å². The fourth-order valence-corrected chi connectivity index (χ4v) is 5.89. The third kappa shape index (κ3) is 1.65. The molecule has 0 aliphatic heterocycles. The quantitative estimate of drug-likeness (QED) is 0.794. The second kappa shape index (κ2) is 4.09. The van der Waals surface area contributed by atoms with Gasteiger partial charge in [-0.1, -0.05) is 15.9 Å². The van der Waals surface area contributed by atoms with Gasteiger partial charge in [0.2, 0.25) is 0 Å². The summed E-state index contributed by atoms with van der Waals surface area (Å²) in [5.41, 5.74) is 2.31. The first-order chi connectivity index (χ1) is 9.76. The summed E-state index contributed by atoms with van der Waals surface area (Å²) < 4.78 is 1.13. The van der Waals surface area contributed by atoms with Crippen LogP contribution >= 0.6 is 15.9 Å². The topological polar surface area (TPSA) is 28.7 Å². The van der Waals surface area contributed by atoms with Crippen LogP contribution in [0.25, 0.3) is 11.0 Å². The SMILES string of the molecule is Brc1ccc2nc(C3C4CC5CC(C4)CC3C5)[nH]c2c1. The summed E-state index contributed by atoms with van der Waals surface area (Å²) in [4.78, 5) is 8.55. The van der Waals surface area contributed by atoms with Gasteiger partial charge in [0.15, 0.2) is 0 Å². The molecule has 4 saturated carbocycles. The van der Waals surface area contributed by atoms with E-state index in [0.29, 0.717) is 5.92 Å². The van der Waals surface area contributed by atoms with E-state index in [0.717, 1.165) is 33.7 Å². The molecule has 0 spiro atoms. The molecule has 3 heteroatoms. The predicted octanol–water partition coefficient (Wildman–Crippen LogP) is 4.87. The Balaban J connectivity index is 1.57. The summed E-state index contributed by atoms with van der Waals surface area (Å²) >= 11 is 3.55. The highest BCUT2D eigenvalue weighted by Gasteiger charge is 2.49. The molecule has 4 aliphatic rings. The molecule has 20 heavy (non-hydrogen) atoms. The van der Waals surface area contributed by atoms with E-state index >= 15 is 0 Å². The first-order valence-electron chi connectivity index (χ1n) is 7.91. The van der Waals surface area contributed by atoms with Crippen LogP contribution in [0.15, 0.2) is 22.7 Å². The summed E-state index contributed by atoms with van der Waals surface area (Å²) in [5.74, 6) is 5.84. The number of fused-ring (bicyclic) bond motifs is 1. The van der Waals surface area contributed by atoms with Crippen molar-refractivity contribution in [3.63, 3.8) is 0 Å². The van der Waals surface area contributed by atoms with E-state index < -0.39 is 0 Å². The number of rotatable bonds is 1. The van der Waals surface area contributed by atoms with Crippen LogP contribution in [0, 0.1) is 23.7 Å². The van der Waals surface area contributed by atoms with Crippen LogP contribution in [0.5, 0.6) is 0 Å². The van der Waals surface area contributed by atoms with Gasteiger partial charge in [0.1, 0.15) is 5.82 Å². The Morgan fingerprint density at radius 3 is 2.40 bits per heavy atom. The van der Waals surface area contributed by atoms with Crippen molar-refractivity contribution in [1.29, 1.82) is 0 Å². The highest BCUT2D eigenvalue weighted by atomic mass is 79.9. The second-order valence-electron chi connectivity index (χ2n) is 7.24. The largest absolute Gasteiger partial charge is 0.342 e. The van der Waals surface area contributed by atoms with Crippen LogP contribution in [0.3, 0.4) is 0 Å². The molecular formula is C17H19BrN2. The maximum Gasteiger partial charge on any atom is 0.110 e. The molecule has 0 radical (unpaired) electrons. The minimum atomic E-state index is 0.703. The standard InChI is InChI=1S/C17H19BrN2/c18-13-1-2-14-15(8-13)20-17(19-14)16-11-4-9-3-10(6-11)7-12(16)5-9/h1-2,8-12,16H,3-7H2,(H,19,20). The van der Waals surface area contributed by atoms with E-state index in [4.69, 9.17) is 4.98 Å². The normalized spacial score (nSPS) is 38.8. The second-order valence-corrected chi connectivity index (χ2v) is 8.16. The molecule has 2 aromatic rings. The average molecular weight is 331 g/mol. The van der Waals surface area contributed by atoms with Gasteiger partial charge in [-0.25, -0.2) is 4.98 Å². The Labute approximate surface area is 127 Å². The number of benzene rings is 1. The Kier molecular flexibility index (Phi) is 2.41. The molecule has 4 bridgehead atoms. The van der Waals surface area contributed by atoms with E-state index in [1.165, 1.54) is 43.4 Å². The molecule has 1 aromatic carbocycles. The molecule has 1 aromatic heterocycles. The van der Waals surface area contributed by atoms with Crippen LogP contribution in [0.2, 0.25) is 0 Å². The number of imidazole rings is 1. The van der Waals surface area contributed by atoms with Gasteiger partial charge in [0, 0.05) is 10.4 Å². The summed E-state index contributed by atoms with van der Waals surface area (Å²) in [6.07, 6.45) is 7.35. The van der Waals surface area contributed by atoms with Gasteiger partial charge >= 0.3 is 0 Å². The van der Waals surface area contributed by atoms with Gasteiger partial charge in [-0.3, -0.25) is 0 Å². The number of halogens is 1. The molecule has 0 unspecified atom stereocenters. The number of aromatic amines is 1. The minimum Gasteiger partial charge on any atom is -0.342 e. The van der Waals surface area contributed by atoms with Crippen molar-refractivity contribution in [3.05, 3.63) is 28.5 Å². The number of hydrogen-bond acceptors (Lipinski definition) is 1. The predicted molar refractivity (Wildman–Crippen MR) is 83.6 cm³/mol. The third-order valence-electron chi connectivity index (χ3n) is 6.00. The van der Waals surface area contributed by atoms with Gasteiger partial charge in [0.25, 0.3) is 0 Å². The number of aromatic nitrogens is 2. The zero-order chi connectivity index (χ0) is 13.3. The molecule has 0 saturated heterocycles. The number of H-pyrrole nitrogens is 1. The average Bonchev–Trinajstić information content (AvgIpc) is 2.79. The third-order valence-corrected chi connectivity index (χ3v) is 6.50. The van der Waals surface area contributed by atoms with Gasteiger partial charge in [-0.15, -0.1) is 0 Å². The molecule has 6 rings (SSSR count). The van der Waals surface area contributed by atoms with Crippen molar-refractivity contribution in [2.24, 2.45) is 23.7 Å². The maximum atomic E-state index is 4.92. The summed E-state index contributed by atoms with van der Waals surface area (Å²) in [7, 11) is 0. The Bertz CT molecular complexity index is 647. The van der Waals surface area contributed by atoms with Crippen molar-refractivity contribution in [1.82, 2.24) is 9.97 Å². The summed E-state index contributed by atoms with van der Waals surface area (Å²) in [6, 6.07) is 6.36. The van der Waals surface area contributed by atoms with Crippen LogP contribution in [-0.4, -0.2) is 9.97 Å². The van der Waals surface area contributed by atoms with Crippen LogP contribution in [-0.2, 0) is 0 Å². The van der Waals surface area contributed by atoms with E-state index in [1.807, 2.05) is 0 Å². The zero-order valence-electron chi connectivity index (χ0n) is 11.5. The van der Waals surface area contributed by atoms with Crippen LogP contribution in [0.1, 0.15) is 43.8 Å². The lowest BCUT2D eigenvalue weighted by Gasteiger charge is -2.53. The first-order valence-corrected chi connectivity index (χ1v) is 8.71. The van der Waals surface area contributed by atoms with Gasteiger partial charge in [-0.2, -0.15) is 0 Å². The number of nitrogens with zero attached hydrogens (tertiary/aromatic N) is 1.